The first-order chi connectivity index (χ1) is 7.11. The second-order valence-corrected chi connectivity index (χ2v) is 4.03. The number of rotatable bonds is 5. The van der Waals surface area contributed by atoms with Gasteiger partial charge in [-0.25, -0.2) is 0 Å². The van der Waals surface area contributed by atoms with E-state index in [1.807, 2.05) is 24.3 Å². The lowest BCUT2D eigenvalue weighted by Gasteiger charge is -2.08. The number of methoxy groups -OCH3 is 1. The first kappa shape index (κ1) is 11.9. The van der Waals surface area contributed by atoms with Gasteiger partial charge >= 0.3 is 5.97 Å². The summed E-state index contributed by atoms with van der Waals surface area (Å²) >= 11 is 4.22. The largest absolute Gasteiger partial charge is 0.497 e. The molecule has 0 aliphatic carbocycles. The zero-order chi connectivity index (χ0) is 11.3. The van der Waals surface area contributed by atoms with Gasteiger partial charge in [0, 0.05) is 5.25 Å². The molecular formula is C11H14O3S. The fourth-order valence-electron chi connectivity index (χ4n) is 1.31. The lowest BCUT2D eigenvalue weighted by Crippen LogP contribution is -2.10. The normalized spacial score (nSPS) is 12.1. The number of carboxylic acids is 1. The fourth-order valence-corrected chi connectivity index (χ4v) is 1.67. The van der Waals surface area contributed by atoms with E-state index in [1.165, 1.54) is 0 Å². The van der Waals surface area contributed by atoms with Crippen LogP contribution in [0.1, 0.15) is 12.0 Å². The lowest BCUT2D eigenvalue weighted by atomic mass is 10.1. The highest BCUT2D eigenvalue weighted by atomic mass is 32.1. The van der Waals surface area contributed by atoms with Crippen LogP contribution in [0.3, 0.4) is 0 Å². The topological polar surface area (TPSA) is 46.5 Å². The summed E-state index contributed by atoms with van der Waals surface area (Å²) in [5.41, 5.74) is 1.07. The molecule has 1 aromatic rings. The average Bonchev–Trinajstić information content (AvgIpc) is 2.17. The van der Waals surface area contributed by atoms with Crippen molar-refractivity contribution >= 4 is 18.6 Å². The van der Waals surface area contributed by atoms with Crippen molar-refractivity contribution in [3.05, 3.63) is 29.8 Å². The van der Waals surface area contributed by atoms with E-state index in [9.17, 15) is 4.79 Å². The summed E-state index contributed by atoms with van der Waals surface area (Å²) in [6.07, 6.45) is 0.731. The molecule has 0 bridgehead atoms. The van der Waals surface area contributed by atoms with Crippen LogP contribution in [-0.2, 0) is 11.2 Å². The van der Waals surface area contributed by atoms with Crippen LogP contribution in [0.15, 0.2) is 24.3 Å². The van der Waals surface area contributed by atoms with Crippen LogP contribution in [0, 0.1) is 0 Å². The Labute approximate surface area is 94.5 Å². The maximum absolute atomic E-state index is 10.4. The SMILES string of the molecule is COc1ccc(CC(S)CC(=O)O)cc1. The summed E-state index contributed by atoms with van der Waals surface area (Å²) in [4.78, 5) is 10.4. The van der Waals surface area contributed by atoms with E-state index < -0.39 is 5.97 Å². The molecule has 0 saturated carbocycles. The third kappa shape index (κ3) is 4.25. The third-order valence-electron chi connectivity index (χ3n) is 2.04. The minimum atomic E-state index is -0.816. The predicted molar refractivity (Wildman–Crippen MR) is 61.7 cm³/mol. The van der Waals surface area contributed by atoms with E-state index in [1.54, 1.807) is 7.11 Å². The minimum Gasteiger partial charge on any atom is -0.497 e. The number of carboxylic acid groups (broad SMARTS) is 1. The molecule has 15 heavy (non-hydrogen) atoms. The number of hydrogen-bond acceptors (Lipinski definition) is 3. The van der Waals surface area contributed by atoms with Crippen molar-refractivity contribution in [2.24, 2.45) is 0 Å². The molecule has 1 rings (SSSR count). The van der Waals surface area contributed by atoms with Gasteiger partial charge in [0.2, 0.25) is 0 Å². The Morgan fingerprint density at radius 3 is 2.53 bits per heavy atom. The van der Waals surface area contributed by atoms with Gasteiger partial charge in [-0.15, -0.1) is 0 Å². The number of ether oxygens (including phenoxy) is 1. The Hall–Kier alpha value is -1.16. The molecule has 3 nitrogen and oxygen atoms in total. The highest BCUT2D eigenvalue weighted by Crippen LogP contribution is 2.15. The summed E-state index contributed by atoms with van der Waals surface area (Å²) in [5, 5.41) is 8.43. The number of thiol groups is 1. The van der Waals surface area contributed by atoms with Crippen LogP contribution < -0.4 is 4.74 Å². The van der Waals surface area contributed by atoms with Gasteiger partial charge in [-0.05, 0) is 24.1 Å². The van der Waals surface area contributed by atoms with Crippen LogP contribution in [-0.4, -0.2) is 23.4 Å². The molecule has 0 amide bonds. The van der Waals surface area contributed by atoms with Crippen molar-refractivity contribution in [1.82, 2.24) is 0 Å². The van der Waals surface area contributed by atoms with Gasteiger partial charge in [0.1, 0.15) is 5.75 Å². The van der Waals surface area contributed by atoms with Crippen molar-refractivity contribution in [2.45, 2.75) is 18.1 Å². The molecule has 4 heteroatoms. The van der Waals surface area contributed by atoms with Gasteiger partial charge < -0.3 is 9.84 Å². The molecule has 0 radical (unpaired) electrons. The lowest BCUT2D eigenvalue weighted by molar-refractivity contribution is -0.136. The first-order valence-corrected chi connectivity index (χ1v) is 5.16. The van der Waals surface area contributed by atoms with Gasteiger partial charge in [0.15, 0.2) is 0 Å². The first-order valence-electron chi connectivity index (χ1n) is 4.64. The zero-order valence-electron chi connectivity index (χ0n) is 8.51. The molecule has 1 aromatic carbocycles. The van der Waals surface area contributed by atoms with E-state index in [0.29, 0.717) is 6.42 Å². The molecule has 0 aliphatic rings. The van der Waals surface area contributed by atoms with E-state index in [2.05, 4.69) is 12.6 Å². The number of benzene rings is 1. The van der Waals surface area contributed by atoms with Gasteiger partial charge in [-0.1, -0.05) is 12.1 Å². The zero-order valence-corrected chi connectivity index (χ0v) is 9.41. The van der Waals surface area contributed by atoms with Crippen molar-refractivity contribution in [3.63, 3.8) is 0 Å². The number of hydrogen-bond donors (Lipinski definition) is 2. The third-order valence-corrected chi connectivity index (χ3v) is 2.41. The highest BCUT2D eigenvalue weighted by Gasteiger charge is 2.09. The van der Waals surface area contributed by atoms with Crippen LogP contribution in [0.25, 0.3) is 0 Å². The molecule has 0 aromatic heterocycles. The van der Waals surface area contributed by atoms with Crippen molar-refractivity contribution in [1.29, 1.82) is 0 Å². The molecule has 1 unspecified atom stereocenters. The number of carbonyl (C=O) groups is 1. The van der Waals surface area contributed by atoms with Gasteiger partial charge in [-0.3, -0.25) is 4.79 Å². The summed E-state index contributed by atoms with van der Waals surface area (Å²) in [6, 6.07) is 7.56. The standard InChI is InChI=1S/C11H14O3S/c1-14-9-4-2-8(3-5-9)6-10(15)7-11(12)13/h2-5,10,15H,6-7H2,1H3,(H,12,13). The second-order valence-electron chi connectivity index (χ2n) is 3.30. The van der Waals surface area contributed by atoms with Crippen molar-refractivity contribution < 1.29 is 14.6 Å². The van der Waals surface area contributed by atoms with Crippen LogP contribution >= 0.6 is 12.6 Å². The quantitative estimate of drug-likeness (QED) is 0.755. The molecule has 1 atom stereocenters. The van der Waals surface area contributed by atoms with Crippen LogP contribution in [0.5, 0.6) is 5.75 Å². The maximum Gasteiger partial charge on any atom is 0.304 e. The fraction of sp³-hybridized carbons (Fsp3) is 0.364. The second kappa shape index (κ2) is 5.66. The molecule has 0 heterocycles. The van der Waals surface area contributed by atoms with E-state index in [4.69, 9.17) is 9.84 Å². The van der Waals surface area contributed by atoms with E-state index >= 15 is 0 Å². The van der Waals surface area contributed by atoms with Gasteiger partial charge in [0.05, 0.1) is 13.5 Å². The Bertz CT molecular complexity index is 321. The molecule has 0 saturated heterocycles. The van der Waals surface area contributed by atoms with E-state index in [-0.39, 0.29) is 11.7 Å². The van der Waals surface area contributed by atoms with Crippen LogP contribution in [0.2, 0.25) is 0 Å². The van der Waals surface area contributed by atoms with Crippen molar-refractivity contribution in [3.8, 4) is 5.75 Å². The Morgan fingerprint density at radius 2 is 2.07 bits per heavy atom. The Balaban J connectivity index is 2.53. The summed E-state index contributed by atoms with van der Waals surface area (Å²) < 4.78 is 5.03. The smallest absolute Gasteiger partial charge is 0.304 e. The van der Waals surface area contributed by atoms with Gasteiger partial charge in [-0.2, -0.15) is 12.6 Å². The Morgan fingerprint density at radius 1 is 1.47 bits per heavy atom. The molecular weight excluding hydrogens is 212 g/mol. The molecule has 0 aliphatic heterocycles. The molecule has 1 N–H and O–H groups in total. The molecule has 82 valence electrons. The van der Waals surface area contributed by atoms with E-state index in [0.717, 1.165) is 11.3 Å². The maximum atomic E-state index is 10.4. The molecule has 0 spiro atoms. The summed E-state index contributed by atoms with van der Waals surface area (Å²) in [6.45, 7) is 0. The number of aliphatic carboxylic acids is 1. The average molecular weight is 226 g/mol. The predicted octanol–water partition coefficient (Wildman–Crippen LogP) is 2.01. The monoisotopic (exact) mass is 226 g/mol. The Kier molecular flexibility index (Phi) is 4.49. The van der Waals surface area contributed by atoms with Crippen LogP contribution in [0.4, 0.5) is 0 Å². The van der Waals surface area contributed by atoms with Gasteiger partial charge in [0.25, 0.3) is 0 Å². The highest BCUT2D eigenvalue weighted by molar-refractivity contribution is 7.81. The summed E-state index contributed by atoms with van der Waals surface area (Å²) in [5.74, 6) is -0.0174. The molecule has 0 fully saturated rings. The van der Waals surface area contributed by atoms with Crippen molar-refractivity contribution in [2.75, 3.05) is 7.11 Å². The summed E-state index contributed by atoms with van der Waals surface area (Å²) in [7, 11) is 1.61. The minimum absolute atomic E-state index is 0.0785.